The number of hydrogen-bond acceptors (Lipinski definition) is 5. The monoisotopic (exact) mass is 326 g/mol. The first-order valence-electron chi connectivity index (χ1n) is 8.67. The average molecular weight is 326 g/mol. The Bertz CT molecular complexity index is 786. The van der Waals surface area contributed by atoms with Crippen LogP contribution in [0, 0.1) is 17.0 Å². The third-order valence-corrected chi connectivity index (χ3v) is 5.28. The van der Waals surface area contributed by atoms with Crippen molar-refractivity contribution in [3.05, 3.63) is 40.1 Å². The van der Waals surface area contributed by atoms with Gasteiger partial charge in [-0.15, -0.1) is 0 Å². The summed E-state index contributed by atoms with van der Waals surface area (Å²) in [6, 6.07) is 7.92. The van der Waals surface area contributed by atoms with Gasteiger partial charge in [-0.05, 0) is 45.3 Å². The van der Waals surface area contributed by atoms with E-state index >= 15 is 0 Å². The number of anilines is 1. The number of aromatic nitrogens is 1. The molecule has 2 aliphatic heterocycles. The van der Waals surface area contributed by atoms with Gasteiger partial charge in [-0.25, -0.2) is 4.98 Å². The fourth-order valence-corrected chi connectivity index (χ4v) is 4.11. The van der Waals surface area contributed by atoms with Crippen LogP contribution in [0.5, 0.6) is 0 Å². The van der Waals surface area contributed by atoms with Crippen LogP contribution in [0.25, 0.3) is 10.9 Å². The van der Waals surface area contributed by atoms with E-state index in [9.17, 15) is 10.1 Å². The molecule has 0 aliphatic carbocycles. The molecule has 24 heavy (non-hydrogen) atoms. The number of fused-ring (bicyclic) bond motifs is 1. The van der Waals surface area contributed by atoms with Crippen LogP contribution >= 0.6 is 0 Å². The largest absolute Gasteiger partial charge is 0.369 e. The molecule has 2 aliphatic rings. The van der Waals surface area contributed by atoms with Gasteiger partial charge in [0.05, 0.1) is 4.92 Å². The summed E-state index contributed by atoms with van der Waals surface area (Å²) in [6.07, 6.45) is 3.78. The molecule has 6 nitrogen and oxygen atoms in total. The van der Waals surface area contributed by atoms with Gasteiger partial charge in [0, 0.05) is 42.0 Å². The predicted molar refractivity (Wildman–Crippen MR) is 94.6 cm³/mol. The Morgan fingerprint density at radius 2 is 2.04 bits per heavy atom. The lowest BCUT2D eigenvalue weighted by Crippen LogP contribution is -2.35. The SMILES string of the molecule is Cc1cc(N2CCC(N3CCCC3)C2)c2cccc([N+](=O)[O-])c2n1. The van der Waals surface area contributed by atoms with E-state index in [0.717, 1.165) is 36.3 Å². The first-order chi connectivity index (χ1) is 11.6. The molecular formula is C18H22N4O2. The molecule has 0 N–H and O–H groups in total. The zero-order valence-corrected chi connectivity index (χ0v) is 13.9. The Morgan fingerprint density at radius 1 is 1.25 bits per heavy atom. The lowest BCUT2D eigenvalue weighted by atomic mass is 10.1. The molecule has 0 saturated carbocycles. The van der Waals surface area contributed by atoms with Crippen molar-refractivity contribution in [2.24, 2.45) is 0 Å². The van der Waals surface area contributed by atoms with Crippen molar-refractivity contribution in [2.75, 3.05) is 31.1 Å². The topological polar surface area (TPSA) is 62.5 Å². The van der Waals surface area contributed by atoms with E-state index in [1.165, 1.54) is 32.0 Å². The minimum absolute atomic E-state index is 0.0905. The quantitative estimate of drug-likeness (QED) is 0.640. The van der Waals surface area contributed by atoms with Crippen LogP contribution in [-0.4, -0.2) is 47.0 Å². The number of aryl methyl sites for hydroxylation is 1. The molecule has 2 saturated heterocycles. The lowest BCUT2D eigenvalue weighted by Gasteiger charge is -2.25. The molecule has 0 radical (unpaired) electrons. The number of rotatable bonds is 3. The van der Waals surface area contributed by atoms with Gasteiger partial charge in [0.2, 0.25) is 0 Å². The minimum atomic E-state index is -0.338. The molecule has 6 heteroatoms. The van der Waals surface area contributed by atoms with Crippen molar-refractivity contribution in [2.45, 2.75) is 32.2 Å². The van der Waals surface area contributed by atoms with Crippen LogP contribution < -0.4 is 4.90 Å². The molecule has 1 aromatic heterocycles. The summed E-state index contributed by atoms with van der Waals surface area (Å²) in [7, 11) is 0. The summed E-state index contributed by atoms with van der Waals surface area (Å²) in [5, 5.41) is 12.2. The van der Waals surface area contributed by atoms with Crippen molar-refractivity contribution >= 4 is 22.3 Å². The number of benzene rings is 1. The molecule has 1 unspecified atom stereocenters. The molecule has 2 aromatic rings. The number of pyridine rings is 1. The summed E-state index contributed by atoms with van der Waals surface area (Å²) in [6.45, 7) is 6.33. The maximum Gasteiger partial charge on any atom is 0.295 e. The van der Waals surface area contributed by atoms with E-state index in [1.807, 2.05) is 13.0 Å². The number of para-hydroxylation sites is 1. The molecule has 4 rings (SSSR count). The van der Waals surface area contributed by atoms with E-state index in [4.69, 9.17) is 0 Å². The predicted octanol–water partition coefficient (Wildman–Crippen LogP) is 3.13. The zero-order valence-electron chi connectivity index (χ0n) is 13.9. The van der Waals surface area contributed by atoms with Crippen LogP contribution in [0.2, 0.25) is 0 Å². The van der Waals surface area contributed by atoms with Gasteiger partial charge in [-0.2, -0.15) is 0 Å². The average Bonchev–Trinajstić information content (AvgIpc) is 3.24. The second-order valence-corrected chi connectivity index (χ2v) is 6.84. The van der Waals surface area contributed by atoms with E-state index in [0.29, 0.717) is 11.6 Å². The molecular weight excluding hydrogens is 304 g/mol. The van der Waals surface area contributed by atoms with Crippen molar-refractivity contribution in [3.8, 4) is 0 Å². The first kappa shape index (κ1) is 15.3. The third kappa shape index (κ3) is 2.60. The number of nitro groups is 1. The number of hydrogen-bond donors (Lipinski definition) is 0. The standard InChI is InChI=1S/C18H22N4O2/c1-13-11-17(15-5-4-6-16(22(23)24)18(15)19-13)21-10-7-14(12-21)20-8-2-3-9-20/h4-6,11,14H,2-3,7-10,12H2,1H3. The van der Waals surface area contributed by atoms with Crippen LogP contribution in [0.1, 0.15) is 25.0 Å². The molecule has 0 amide bonds. The van der Waals surface area contributed by atoms with Gasteiger partial charge in [-0.3, -0.25) is 15.0 Å². The zero-order chi connectivity index (χ0) is 16.7. The minimum Gasteiger partial charge on any atom is -0.369 e. The molecule has 0 spiro atoms. The van der Waals surface area contributed by atoms with Crippen LogP contribution in [0.15, 0.2) is 24.3 Å². The first-order valence-corrected chi connectivity index (χ1v) is 8.67. The van der Waals surface area contributed by atoms with Crippen LogP contribution in [0.3, 0.4) is 0 Å². The molecule has 1 aromatic carbocycles. The summed E-state index contributed by atoms with van der Waals surface area (Å²) >= 11 is 0. The Hall–Kier alpha value is -2.21. The van der Waals surface area contributed by atoms with Gasteiger partial charge < -0.3 is 4.90 Å². The Balaban J connectivity index is 1.71. The van der Waals surface area contributed by atoms with E-state index < -0.39 is 0 Å². The molecule has 2 fully saturated rings. The summed E-state index contributed by atoms with van der Waals surface area (Å²) in [5.41, 5.74) is 2.51. The Kier molecular flexibility index (Phi) is 3.84. The molecule has 0 bridgehead atoms. The van der Waals surface area contributed by atoms with Crippen molar-refractivity contribution in [1.29, 1.82) is 0 Å². The molecule has 1 atom stereocenters. The van der Waals surface area contributed by atoms with Crippen LogP contribution in [-0.2, 0) is 0 Å². The highest BCUT2D eigenvalue weighted by atomic mass is 16.6. The molecule has 126 valence electrons. The van der Waals surface area contributed by atoms with Gasteiger partial charge in [0.1, 0.15) is 0 Å². The summed E-state index contributed by atoms with van der Waals surface area (Å²) in [5.74, 6) is 0. The van der Waals surface area contributed by atoms with Gasteiger partial charge in [0.25, 0.3) is 5.69 Å². The fourth-order valence-electron chi connectivity index (χ4n) is 4.11. The molecule has 3 heterocycles. The number of nitrogens with zero attached hydrogens (tertiary/aromatic N) is 4. The summed E-state index contributed by atoms with van der Waals surface area (Å²) in [4.78, 5) is 20.4. The Labute approximate surface area is 141 Å². The van der Waals surface area contributed by atoms with Gasteiger partial charge >= 0.3 is 0 Å². The number of nitro benzene ring substituents is 1. The third-order valence-electron chi connectivity index (χ3n) is 5.28. The van der Waals surface area contributed by atoms with Crippen LogP contribution in [0.4, 0.5) is 11.4 Å². The van der Waals surface area contributed by atoms with E-state index in [-0.39, 0.29) is 10.6 Å². The summed E-state index contributed by atoms with van der Waals surface area (Å²) < 4.78 is 0. The Morgan fingerprint density at radius 3 is 2.79 bits per heavy atom. The maximum absolute atomic E-state index is 11.3. The van der Waals surface area contributed by atoms with Gasteiger partial charge in [-0.1, -0.05) is 12.1 Å². The fraction of sp³-hybridized carbons (Fsp3) is 0.500. The van der Waals surface area contributed by atoms with E-state index in [1.54, 1.807) is 6.07 Å². The second-order valence-electron chi connectivity index (χ2n) is 6.84. The van der Waals surface area contributed by atoms with E-state index in [2.05, 4.69) is 20.9 Å². The number of non-ortho nitro benzene ring substituents is 1. The van der Waals surface area contributed by atoms with Crippen molar-refractivity contribution < 1.29 is 4.92 Å². The van der Waals surface area contributed by atoms with Crippen molar-refractivity contribution in [3.63, 3.8) is 0 Å². The normalized spacial score (nSPS) is 21.7. The van der Waals surface area contributed by atoms with Gasteiger partial charge in [0.15, 0.2) is 5.52 Å². The van der Waals surface area contributed by atoms with Crippen molar-refractivity contribution in [1.82, 2.24) is 9.88 Å². The highest BCUT2D eigenvalue weighted by Gasteiger charge is 2.30. The number of likely N-dealkylation sites (tertiary alicyclic amines) is 1. The highest BCUT2D eigenvalue weighted by Crippen LogP contribution is 2.34. The second kappa shape index (κ2) is 6.02. The lowest BCUT2D eigenvalue weighted by molar-refractivity contribution is -0.383. The highest BCUT2D eigenvalue weighted by molar-refractivity contribution is 5.97. The smallest absolute Gasteiger partial charge is 0.295 e. The maximum atomic E-state index is 11.3.